The third kappa shape index (κ3) is 4.24. The van der Waals surface area contributed by atoms with Gasteiger partial charge in [-0.25, -0.2) is 4.98 Å². The minimum absolute atomic E-state index is 0.0765. The van der Waals surface area contributed by atoms with Crippen molar-refractivity contribution in [2.45, 2.75) is 30.7 Å². The Bertz CT molecular complexity index is 1500. The highest BCUT2D eigenvalue weighted by atomic mass is 32.2. The summed E-state index contributed by atoms with van der Waals surface area (Å²) in [7, 11) is 1.65. The summed E-state index contributed by atoms with van der Waals surface area (Å²) in [5, 5.41) is 11.7. The van der Waals surface area contributed by atoms with E-state index in [4.69, 9.17) is 4.74 Å². The summed E-state index contributed by atoms with van der Waals surface area (Å²) in [6.45, 7) is 4.35. The summed E-state index contributed by atoms with van der Waals surface area (Å²) in [4.78, 5) is 17.7. The molecule has 0 aliphatic rings. The molecule has 5 rings (SSSR count). The van der Waals surface area contributed by atoms with Gasteiger partial charge < -0.3 is 4.74 Å². The van der Waals surface area contributed by atoms with Crippen LogP contribution in [0.5, 0.6) is 5.75 Å². The van der Waals surface area contributed by atoms with Crippen LogP contribution in [0.3, 0.4) is 0 Å². The van der Waals surface area contributed by atoms with E-state index in [1.165, 1.54) is 28.7 Å². The smallest absolute Gasteiger partial charge is 0.258 e. The monoisotopic (exact) mass is 489 g/mol. The number of thioether (sulfide) groups is 1. The summed E-state index contributed by atoms with van der Waals surface area (Å²) < 4.78 is 8.97. The summed E-state index contributed by atoms with van der Waals surface area (Å²) >= 11 is 2.96. The number of methoxy groups -OCH3 is 1. The molecule has 0 unspecified atom stereocenters. The van der Waals surface area contributed by atoms with Crippen LogP contribution in [0.15, 0.2) is 76.1 Å². The van der Waals surface area contributed by atoms with Crippen molar-refractivity contribution in [2.75, 3.05) is 7.11 Å². The molecule has 34 heavy (non-hydrogen) atoms. The lowest BCUT2D eigenvalue weighted by atomic mass is 10.0. The highest BCUT2D eigenvalue weighted by Gasteiger charge is 2.20. The van der Waals surface area contributed by atoms with Crippen molar-refractivity contribution in [3.05, 3.63) is 87.8 Å². The SMILES string of the molecule is COc1ccc(-c2nnc(SCc3cc(=O)n4ccsc4n3)n2-c2ccccc2C(C)C)cc1. The zero-order valence-electron chi connectivity index (χ0n) is 19.0. The van der Waals surface area contributed by atoms with Crippen molar-refractivity contribution in [1.29, 1.82) is 0 Å². The normalized spacial score (nSPS) is 11.4. The van der Waals surface area contributed by atoms with E-state index in [0.29, 0.717) is 16.6 Å². The molecule has 3 heterocycles. The Kier molecular flexibility index (Phi) is 6.21. The van der Waals surface area contributed by atoms with E-state index in [2.05, 4.69) is 51.8 Å². The van der Waals surface area contributed by atoms with Gasteiger partial charge in [0.25, 0.3) is 5.56 Å². The number of hydrogen-bond donors (Lipinski definition) is 0. The van der Waals surface area contributed by atoms with Crippen LogP contribution in [0.1, 0.15) is 31.0 Å². The molecule has 7 nitrogen and oxygen atoms in total. The average Bonchev–Trinajstić information content (AvgIpc) is 3.50. The molecule has 0 radical (unpaired) electrons. The second-order valence-electron chi connectivity index (χ2n) is 8.01. The first kappa shape index (κ1) is 22.4. The number of ether oxygens (including phenoxy) is 1. The molecule has 0 aliphatic heterocycles. The molecular weight excluding hydrogens is 466 g/mol. The van der Waals surface area contributed by atoms with Crippen molar-refractivity contribution >= 4 is 28.1 Å². The third-order valence-electron chi connectivity index (χ3n) is 5.49. The number of fused-ring (bicyclic) bond motifs is 1. The Labute approximate surface area is 205 Å². The van der Waals surface area contributed by atoms with Crippen molar-refractivity contribution < 1.29 is 4.74 Å². The molecule has 0 fully saturated rings. The molecule has 0 saturated heterocycles. The number of aromatic nitrogens is 5. The highest BCUT2D eigenvalue weighted by molar-refractivity contribution is 7.98. The van der Waals surface area contributed by atoms with Gasteiger partial charge in [0, 0.05) is 29.0 Å². The maximum atomic E-state index is 12.4. The van der Waals surface area contributed by atoms with Gasteiger partial charge >= 0.3 is 0 Å². The molecule has 0 aliphatic carbocycles. The Morgan fingerprint density at radius 2 is 1.88 bits per heavy atom. The highest BCUT2D eigenvalue weighted by Crippen LogP contribution is 2.33. The molecule has 2 aromatic carbocycles. The predicted octanol–water partition coefficient (Wildman–Crippen LogP) is 5.43. The lowest BCUT2D eigenvalue weighted by Crippen LogP contribution is -2.12. The Morgan fingerprint density at radius 3 is 2.65 bits per heavy atom. The van der Waals surface area contributed by atoms with Crippen LogP contribution < -0.4 is 10.3 Å². The molecular formula is C25H23N5O2S2. The lowest BCUT2D eigenvalue weighted by Gasteiger charge is -2.17. The standard InChI is InChI=1S/C25H23N5O2S2/c1-16(2)20-6-4-5-7-21(20)30-23(17-8-10-19(32-3)11-9-17)27-28-25(30)34-15-18-14-22(31)29-12-13-33-24(29)26-18/h4-14,16H,15H2,1-3H3. The first-order chi connectivity index (χ1) is 16.5. The number of benzene rings is 2. The van der Waals surface area contributed by atoms with Crippen LogP contribution in [0, 0.1) is 0 Å². The molecule has 9 heteroatoms. The molecule has 172 valence electrons. The molecule has 0 bridgehead atoms. The molecule has 0 atom stereocenters. The number of nitrogens with zero attached hydrogens (tertiary/aromatic N) is 5. The van der Waals surface area contributed by atoms with Crippen LogP contribution in [0.2, 0.25) is 0 Å². The van der Waals surface area contributed by atoms with E-state index in [1.54, 1.807) is 23.8 Å². The van der Waals surface area contributed by atoms with E-state index in [1.807, 2.05) is 35.7 Å². The van der Waals surface area contributed by atoms with Crippen LogP contribution in [-0.2, 0) is 5.75 Å². The Balaban J connectivity index is 1.58. The van der Waals surface area contributed by atoms with Gasteiger partial charge in [0.2, 0.25) is 0 Å². The van der Waals surface area contributed by atoms with Gasteiger partial charge in [-0.2, -0.15) is 0 Å². The van der Waals surface area contributed by atoms with E-state index < -0.39 is 0 Å². The number of para-hydroxylation sites is 1. The quantitative estimate of drug-likeness (QED) is 0.284. The van der Waals surface area contributed by atoms with Crippen molar-refractivity contribution in [2.24, 2.45) is 0 Å². The molecule has 0 saturated carbocycles. The van der Waals surface area contributed by atoms with E-state index in [0.717, 1.165) is 33.7 Å². The van der Waals surface area contributed by atoms with Gasteiger partial charge in [-0.3, -0.25) is 13.8 Å². The van der Waals surface area contributed by atoms with Crippen LogP contribution >= 0.6 is 23.1 Å². The van der Waals surface area contributed by atoms with Gasteiger partial charge in [-0.1, -0.05) is 43.8 Å². The second-order valence-corrected chi connectivity index (χ2v) is 9.83. The molecule has 5 aromatic rings. The van der Waals surface area contributed by atoms with Gasteiger partial charge in [0.1, 0.15) is 5.75 Å². The lowest BCUT2D eigenvalue weighted by molar-refractivity contribution is 0.415. The molecule has 0 amide bonds. The minimum Gasteiger partial charge on any atom is -0.497 e. The fourth-order valence-corrected chi connectivity index (χ4v) is 5.36. The maximum Gasteiger partial charge on any atom is 0.258 e. The fraction of sp³-hybridized carbons (Fsp3) is 0.200. The summed E-state index contributed by atoms with van der Waals surface area (Å²) in [6.07, 6.45) is 1.74. The number of thiazole rings is 1. The maximum absolute atomic E-state index is 12.4. The Hall–Kier alpha value is -3.43. The number of rotatable bonds is 7. The van der Waals surface area contributed by atoms with Gasteiger partial charge in [-0.05, 0) is 41.8 Å². The first-order valence-electron chi connectivity index (χ1n) is 10.8. The molecule has 0 spiro atoms. The van der Waals surface area contributed by atoms with E-state index in [9.17, 15) is 4.79 Å². The second kappa shape index (κ2) is 9.44. The predicted molar refractivity (Wildman–Crippen MR) is 136 cm³/mol. The van der Waals surface area contributed by atoms with Crippen molar-refractivity contribution in [3.8, 4) is 22.8 Å². The zero-order valence-corrected chi connectivity index (χ0v) is 20.6. The average molecular weight is 490 g/mol. The van der Waals surface area contributed by atoms with Crippen molar-refractivity contribution in [3.63, 3.8) is 0 Å². The zero-order chi connectivity index (χ0) is 23.7. The third-order valence-corrected chi connectivity index (χ3v) is 7.21. The van der Waals surface area contributed by atoms with Crippen LogP contribution in [0.4, 0.5) is 0 Å². The Morgan fingerprint density at radius 1 is 1.09 bits per heavy atom. The topological polar surface area (TPSA) is 74.3 Å². The first-order valence-corrected chi connectivity index (χ1v) is 12.7. The van der Waals surface area contributed by atoms with Crippen LogP contribution in [-0.4, -0.2) is 31.3 Å². The molecule has 0 N–H and O–H groups in total. The van der Waals surface area contributed by atoms with Gasteiger partial charge in [0.15, 0.2) is 15.9 Å². The fourth-order valence-electron chi connectivity index (χ4n) is 3.79. The largest absolute Gasteiger partial charge is 0.497 e. The summed E-state index contributed by atoms with van der Waals surface area (Å²) in [5.41, 5.74) is 3.82. The van der Waals surface area contributed by atoms with Crippen LogP contribution in [0.25, 0.3) is 22.0 Å². The minimum atomic E-state index is -0.0765. The van der Waals surface area contributed by atoms with Gasteiger partial charge in [-0.15, -0.1) is 21.5 Å². The van der Waals surface area contributed by atoms with E-state index >= 15 is 0 Å². The van der Waals surface area contributed by atoms with Gasteiger partial charge in [0.05, 0.1) is 18.5 Å². The van der Waals surface area contributed by atoms with Crippen molar-refractivity contribution in [1.82, 2.24) is 24.1 Å². The number of hydrogen-bond acceptors (Lipinski definition) is 7. The molecule has 3 aromatic heterocycles. The summed E-state index contributed by atoms with van der Waals surface area (Å²) in [6, 6.07) is 17.7. The van der Waals surface area contributed by atoms with E-state index in [-0.39, 0.29) is 5.56 Å². The summed E-state index contributed by atoms with van der Waals surface area (Å²) in [5.74, 6) is 2.37.